The Bertz CT molecular complexity index is 702. The van der Waals surface area contributed by atoms with Gasteiger partial charge in [0.15, 0.2) is 0 Å². The van der Waals surface area contributed by atoms with Gasteiger partial charge < -0.3 is 2.85 Å². The van der Waals surface area contributed by atoms with Gasteiger partial charge in [-0.3, -0.25) is 0 Å². The van der Waals surface area contributed by atoms with Gasteiger partial charge in [-0.2, -0.15) is 0 Å². The maximum atomic E-state index is 4.41. The Kier molecular flexibility index (Phi) is 5.44. The molecule has 0 saturated heterocycles. The standard InChI is InChI=1S/C20H16.2Li.2H/c1-14(17-12-10-15-6-2-4-8-19(15)17)18-13-11-16-7-3-5-9-20(16)18;;;;/h2-13,17-18H,1H2;;;;/q;2*+1;2*-1. The molecule has 0 nitrogen and oxygen atoms in total. The number of hydrogen-bond acceptors (Lipinski definition) is 0. The van der Waals surface area contributed by atoms with Gasteiger partial charge in [0.25, 0.3) is 0 Å². The Labute approximate surface area is 159 Å². The average molecular weight is 272 g/mol. The molecule has 0 saturated carbocycles. The zero-order chi connectivity index (χ0) is 13.5. The first-order valence-electron chi connectivity index (χ1n) is 7.07. The van der Waals surface area contributed by atoms with Crippen LogP contribution in [0.25, 0.3) is 12.2 Å². The van der Waals surface area contributed by atoms with E-state index in [0.29, 0.717) is 11.8 Å². The number of fused-ring (bicyclic) bond motifs is 2. The summed E-state index contributed by atoms with van der Waals surface area (Å²) in [6, 6.07) is 17.2. The van der Waals surface area contributed by atoms with E-state index >= 15 is 0 Å². The molecule has 0 spiro atoms. The van der Waals surface area contributed by atoms with Crippen molar-refractivity contribution in [1.82, 2.24) is 0 Å². The Morgan fingerprint density at radius 2 is 1.14 bits per heavy atom. The molecule has 2 aliphatic rings. The molecule has 2 atom stereocenters. The van der Waals surface area contributed by atoms with Crippen LogP contribution in [0.4, 0.5) is 0 Å². The fraction of sp³-hybridized carbons (Fsp3) is 0.100. The topological polar surface area (TPSA) is 0 Å². The van der Waals surface area contributed by atoms with Crippen molar-refractivity contribution in [3.63, 3.8) is 0 Å². The minimum Gasteiger partial charge on any atom is -1.00 e. The largest absolute Gasteiger partial charge is 1.00 e. The van der Waals surface area contributed by atoms with Crippen LogP contribution in [0.15, 0.2) is 72.8 Å². The maximum absolute atomic E-state index is 4.41. The molecule has 0 fully saturated rings. The fourth-order valence-corrected chi connectivity index (χ4v) is 3.34. The van der Waals surface area contributed by atoms with Crippen LogP contribution < -0.4 is 37.7 Å². The third-order valence-corrected chi connectivity index (χ3v) is 4.40. The Hall–Kier alpha value is -1.15. The van der Waals surface area contributed by atoms with Crippen LogP contribution in [0.3, 0.4) is 0 Å². The van der Waals surface area contributed by atoms with Gasteiger partial charge in [0.05, 0.1) is 0 Å². The first-order valence-corrected chi connectivity index (χ1v) is 7.07. The van der Waals surface area contributed by atoms with Crippen LogP contribution in [-0.4, -0.2) is 0 Å². The Balaban J connectivity index is 0.00000132. The summed E-state index contributed by atoms with van der Waals surface area (Å²) in [5.74, 6) is 0.680. The van der Waals surface area contributed by atoms with Crippen LogP contribution >= 0.6 is 0 Å². The van der Waals surface area contributed by atoms with E-state index in [1.165, 1.54) is 27.8 Å². The van der Waals surface area contributed by atoms with Crippen LogP contribution in [0.2, 0.25) is 0 Å². The van der Waals surface area contributed by atoms with Crippen LogP contribution in [0.1, 0.15) is 36.9 Å². The van der Waals surface area contributed by atoms with E-state index in [2.05, 4.69) is 79.4 Å². The van der Waals surface area contributed by atoms with Crippen molar-refractivity contribution in [3.05, 3.63) is 95.1 Å². The van der Waals surface area contributed by atoms with Crippen molar-refractivity contribution in [2.45, 2.75) is 11.8 Å². The molecule has 22 heavy (non-hydrogen) atoms. The second-order valence-corrected chi connectivity index (χ2v) is 5.51. The summed E-state index contributed by atoms with van der Waals surface area (Å²) in [4.78, 5) is 0. The van der Waals surface area contributed by atoms with Crippen LogP contribution in [-0.2, 0) is 0 Å². The third kappa shape index (κ3) is 2.74. The molecule has 0 heterocycles. The quantitative estimate of drug-likeness (QED) is 0.506. The first kappa shape index (κ1) is 17.2. The molecule has 4 rings (SSSR count). The van der Waals surface area contributed by atoms with Gasteiger partial charge in [-0.05, 0) is 22.3 Å². The van der Waals surface area contributed by atoms with Gasteiger partial charge in [0, 0.05) is 11.8 Å². The second-order valence-electron chi connectivity index (χ2n) is 5.51. The Morgan fingerprint density at radius 3 is 1.59 bits per heavy atom. The van der Waals surface area contributed by atoms with Crippen molar-refractivity contribution >= 4 is 12.2 Å². The van der Waals surface area contributed by atoms with Gasteiger partial charge in [-0.15, -0.1) is 0 Å². The fourth-order valence-electron chi connectivity index (χ4n) is 3.34. The molecule has 0 aliphatic heterocycles. The molecular formula is C20H18Li2. The zero-order valence-corrected chi connectivity index (χ0v) is 13.3. The molecule has 2 aromatic rings. The molecule has 2 heteroatoms. The van der Waals surface area contributed by atoms with Crippen LogP contribution in [0.5, 0.6) is 0 Å². The van der Waals surface area contributed by atoms with Crippen molar-refractivity contribution in [2.24, 2.45) is 0 Å². The summed E-state index contributed by atoms with van der Waals surface area (Å²) in [6.45, 7) is 4.41. The summed E-state index contributed by atoms with van der Waals surface area (Å²) < 4.78 is 0. The number of allylic oxidation sites excluding steroid dienone is 3. The SMILES string of the molecule is C=C(C1C=Cc2ccccc21)C1C=Cc2ccccc21.[H-].[H-].[Li+].[Li+]. The molecule has 2 unspecified atom stereocenters. The molecule has 2 aromatic carbocycles. The van der Waals surface area contributed by atoms with Crippen molar-refractivity contribution in [3.8, 4) is 0 Å². The smallest absolute Gasteiger partial charge is 1.00 e. The van der Waals surface area contributed by atoms with Crippen molar-refractivity contribution < 1.29 is 40.6 Å². The van der Waals surface area contributed by atoms with Crippen molar-refractivity contribution in [2.75, 3.05) is 0 Å². The van der Waals surface area contributed by atoms with E-state index in [1.807, 2.05) is 0 Å². The number of benzene rings is 2. The normalized spacial score (nSPS) is 19.8. The monoisotopic (exact) mass is 272 g/mol. The third-order valence-electron chi connectivity index (χ3n) is 4.40. The summed E-state index contributed by atoms with van der Waals surface area (Å²) in [5.41, 5.74) is 6.70. The van der Waals surface area contributed by atoms with Gasteiger partial charge in [0.2, 0.25) is 0 Å². The maximum Gasteiger partial charge on any atom is 1.00 e. The zero-order valence-electron chi connectivity index (χ0n) is 15.3. The summed E-state index contributed by atoms with van der Waals surface area (Å²) in [5, 5.41) is 0. The van der Waals surface area contributed by atoms with E-state index in [0.717, 1.165) is 0 Å². The second kappa shape index (κ2) is 6.96. The van der Waals surface area contributed by atoms with Crippen LogP contribution in [0, 0.1) is 0 Å². The van der Waals surface area contributed by atoms with Gasteiger partial charge in [-0.1, -0.05) is 85.0 Å². The summed E-state index contributed by atoms with van der Waals surface area (Å²) in [6.07, 6.45) is 9.00. The first-order chi connectivity index (χ1) is 9.84. The van der Waals surface area contributed by atoms with E-state index in [4.69, 9.17) is 0 Å². The molecule has 0 amide bonds. The minimum absolute atomic E-state index is 0. The minimum atomic E-state index is 0. The number of rotatable bonds is 2. The van der Waals surface area contributed by atoms with Gasteiger partial charge in [-0.25, -0.2) is 0 Å². The number of hydrogen-bond donors (Lipinski definition) is 0. The van der Waals surface area contributed by atoms with E-state index in [1.54, 1.807) is 0 Å². The Morgan fingerprint density at radius 1 is 0.727 bits per heavy atom. The van der Waals surface area contributed by atoms with E-state index in [9.17, 15) is 0 Å². The molecule has 0 N–H and O–H groups in total. The average Bonchev–Trinajstić information content (AvgIpc) is 3.11. The molecule has 0 bridgehead atoms. The summed E-state index contributed by atoms with van der Waals surface area (Å²) in [7, 11) is 0. The van der Waals surface area contributed by atoms with Gasteiger partial charge >= 0.3 is 37.7 Å². The predicted octanol–water partition coefficient (Wildman–Crippen LogP) is -0.603. The van der Waals surface area contributed by atoms with Crippen molar-refractivity contribution in [1.29, 1.82) is 0 Å². The van der Waals surface area contributed by atoms with Gasteiger partial charge in [0.1, 0.15) is 0 Å². The predicted molar refractivity (Wildman–Crippen MR) is 87.8 cm³/mol. The molecule has 2 aliphatic carbocycles. The van der Waals surface area contributed by atoms with E-state index in [-0.39, 0.29) is 40.6 Å². The molecule has 0 aromatic heterocycles. The molecule has 0 radical (unpaired) electrons. The molecular weight excluding hydrogens is 254 g/mol. The molecule has 100 valence electrons. The van der Waals surface area contributed by atoms with E-state index < -0.39 is 0 Å². The summed E-state index contributed by atoms with van der Waals surface area (Å²) >= 11 is 0.